The summed E-state index contributed by atoms with van der Waals surface area (Å²) in [6, 6.07) is 13.0. The van der Waals surface area contributed by atoms with Crippen molar-refractivity contribution in [1.29, 1.82) is 0 Å². The summed E-state index contributed by atoms with van der Waals surface area (Å²) in [5, 5.41) is 12.5. The highest BCUT2D eigenvalue weighted by molar-refractivity contribution is 6.00. The van der Waals surface area contributed by atoms with Crippen LogP contribution < -0.4 is 5.32 Å². The summed E-state index contributed by atoms with van der Waals surface area (Å²) in [4.78, 5) is 32.9. The minimum absolute atomic E-state index is 0.0396. The van der Waals surface area contributed by atoms with Gasteiger partial charge in [-0.3, -0.25) is 14.8 Å². The smallest absolute Gasteiger partial charge is 0.419 e. The lowest BCUT2D eigenvalue weighted by atomic mass is 9.94. The van der Waals surface area contributed by atoms with E-state index in [9.17, 15) is 36.6 Å². The number of rotatable bonds is 6. The summed E-state index contributed by atoms with van der Waals surface area (Å²) in [6.45, 7) is 0. The number of alkyl halides is 3. The molecule has 40 heavy (non-hydrogen) atoms. The average Bonchev–Trinajstić information content (AvgIpc) is 2.91. The molecule has 2 heterocycles. The Morgan fingerprint density at radius 2 is 1.57 bits per heavy atom. The van der Waals surface area contributed by atoms with E-state index in [0.717, 1.165) is 18.2 Å². The Hall–Kier alpha value is -4.93. The lowest BCUT2D eigenvalue weighted by molar-refractivity contribution is -0.139. The van der Waals surface area contributed by atoms with E-state index >= 15 is 0 Å². The van der Waals surface area contributed by atoms with Gasteiger partial charge in [-0.25, -0.2) is 13.6 Å². The molecule has 1 amide bonds. The number of carbonyl (C=O) groups excluding carboxylic acids is 1. The number of aliphatic carboxylic acids is 1. The molecule has 0 bridgehead atoms. The summed E-state index contributed by atoms with van der Waals surface area (Å²) in [5.41, 5.74) is -1.70. The Kier molecular flexibility index (Phi) is 6.88. The lowest BCUT2D eigenvalue weighted by Crippen LogP contribution is -2.43. The van der Waals surface area contributed by atoms with Gasteiger partial charge < -0.3 is 10.4 Å². The maximum atomic E-state index is 14.3. The number of nitrogens with one attached hydrogen (secondary N) is 1. The Balaban J connectivity index is 1.58. The number of fused-ring (bicyclic) bond motifs is 2. The summed E-state index contributed by atoms with van der Waals surface area (Å²) in [5.74, 6) is -5.08. The maximum absolute atomic E-state index is 14.3. The zero-order valence-electron chi connectivity index (χ0n) is 20.3. The highest BCUT2D eigenvalue weighted by atomic mass is 19.4. The molecule has 0 fully saturated rings. The Morgan fingerprint density at radius 3 is 2.27 bits per heavy atom. The van der Waals surface area contributed by atoms with Gasteiger partial charge in [-0.05, 0) is 29.1 Å². The van der Waals surface area contributed by atoms with Crippen LogP contribution in [0.15, 0.2) is 79.1 Å². The Bertz CT molecular complexity index is 1770. The van der Waals surface area contributed by atoms with E-state index in [1.165, 1.54) is 48.8 Å². The second-order valence-corrected chi connectivity index (χ2v) is 8.90. The van der Waals surface area contributed by atoms with Gasteiger partial charge >= 0.3 is 12.1 Å². The first-order chi connectivity index (χ1) is 19.1. The molecule has 0 radical (unpaired) electrons. The quantitative estimate of drug-likeness (QED) is 0.246. The molecule has 0 aliphatic heterocycles. The molecule has 2 aromatic heterocycles. The second kappa shape index (κ2) is 10.3. The van der Waals surface area contributed by atoms with Crippen molar-refractivity contribution >= 4 is 33.6 Å². The van der Waals surface area contributed by atoms with E-state index in [-0.39, 0.29) is 28.6 Å². The molecule has 1 atom stereocenters. The number of carboxylic acid groups (broad SMARTS) is 1. The highest BCUT2D eigenvalue weighted by Crippen LogP contribution is 2.42. The summed E-state index contributed by atoms with van der Waals surface area (Å²) < 4.78 is 71.0. The third kappa shape index (κ3) is 4.93. The molecule has 0 aliphatic rings. The Morgan fingerprint density at radius 1 is 0.875 bits per heavy atom. The minimum atomic E-state index is -4.75. The van der Waals surface area contributed by atoms with Gasteiger partial charge in [0.05, 0.1) is 16.8 Å². The van der Waals surface area contributed by atoms with Crippen molar-refractivity contribution in [2.75, 3.05) is 0 Å². The van der Waals surface area contributed by atoms with Crippen molar-refractivity contribution in [2.24, 2.45) is 0 Å². The van der Waals surface area contributed by atoms with Crippen LogP contribution in [0, 0.1) is 11.6 Å². The van der Waals surface area contributed by atoms with Crippen LogP contribution in [0.25, 0.3) is 32.9 Å². The van der Waals surface area contributed by atoms with Crippen LogP contribution in [0.1, 0.15) is 21.5 Å². The summed E-state index contributed by atoms with van der Waals surface area (Å²) >= 11 is 0. The van der Waals surface area contributed by atoms with Crippen molar-refractivity contribution in [3.05, 3.63) is 107 Å². The number of halogens is 5. The van der Waals surface area contributed by atoms with E-state index < -0.39 is 46.9 Å². The highest BCUT2D eigenvalue weighted by Gasteiger charge is 2.37. The van der Waals surface area contributed by atoms with Crippen molar-refractivity contribution in [3.63, 3.8) is 0 Å². The molecule has 0 saturated heterocycles. The number of aromatic nitrogens is 2. The average molecular weight is 551 g/mol. The molecule has 0 spiro atoms. The molecule has 3 aromatic carbocycles. The van der Waals surface area contributed by atoms with Gasteiger partial charge in [-0.1, -0.05) is 48.5 Å². The van der Waals surface area contributed by atoms with Gasteiger partial charge in [0.25, 0.3) is 5.91 Å². The SMILES string of the molecule is O=C(N[C@@H](Cc1ccc(-c2ncc3ccccc3c2C(F)(F)F)c2ncccc12)C(=O)O)c1c(F)cccc1F. The van der Waals surface area contributed by atoms with E-state index in [4.69, 9.17) is 0 Å². The van der Waals surface area contributed by atoms with Crippen molar-refractivity contribution in [2.45, 2.75) is 18.6 Å². The van der Waals surface area contributed by atoms with Gasteiger partial charge in [0.1, 0.15) is 23.2 Å². The molecular formula is C29H18F5N3O3. The van der Waals surface area contributed by atoms with Crippen molar-refractivity contribution in [3.8, 4) is 11.3 Å². The van der Waals surface area contributed by atoms with Gasteiger partial charge in [0, 0.05) is 35.2 Å². The first-order valence-corrected chi connectivity index (χ1v) is 11.9. The van der Waals surface area contributed by atoms with Crippen LogP contribution in [0.5, 0.6) is 0 Å². The van der Waals surface area contributed by atoms with Gasteiger partial charge in [0.2, 0.25) is 0 Å². The van der Waals surface area contributed by atoms with Crippen LogP contribution in [0.2, 0.25) is 0 Å². The topological polar surface area (TPSA) is 92.2 Å². The van der Waals surface area contributed by atoms with Crippen LogP contribution in [0.4, 0.5) is 22.0 Å². The largest absolute Gasteiger partial charge is 0.480 e. The van der Waals surface area contributed by atoms with E-state index in [2.05, 4.69) is 15.3 Å². The van der Waals surface area contributed by atoms with Crippen LogP contribution in [-0.2, 0) is 17.4 Å². The van der Waals surface area contributed by atoms with Gasteiger partial charge in [-0.15, -0.1) is 0 Å². The normalized spacial score (nSPS) is 12.4. The number of benzene rings is 3. The number of nitrogens with zero attached hydrogens (tertiary/aromatic N) is 2. The third-order valence-electron chi connectivity index (χ3n) is 6.42. The summed E-state index contributed by atoms with van der Waals surface area (Å²) in [6.07, 6.45) is -2.39. The standard InChI is InChI=1S/C29H18F5N3O3/c30-20-8-3-9-21(31)23(20)27(38)37-22(28(39)40)13-15-10-11-19(25-18(15)7-4-12-35-25)26-24(29(32,33)34)17-6-2-1-5-16(17)14-36-26/h1-12,14,22H,13H2,(H,37,38)(H,39,40)/t22-/m0/s1. The fourth-order valence-electron chi connectivity index (χ4n) is 4.62. The number of hydrogen-bond acceptors (Lipinski definition) is 4. The monoisotopic (exact) mass is 551 g/mol. The molecule has 0 aliphatic carbocycles. The number of pyridine rings is 2. The number of carbonyl (C=O) groups is 2. The molecule has 6 nitrogen and oxygen atoms in total. The zero-order valence-corrected chi connectivity index (χ0v) is 20.3. The molecule has 0 unspecified atom stereocenters. The molecule has 5 rings (SSSR count). The van der Waals surface area contributed by atoms with Crippen LogP contribution >= 0.6 is 0 Å². The number of amides is 1. The van der Waals surface area contributed by atoms with Crippen LogP contribution in [-0.4, -0.2) is 33.0 Å². The third-order valence-corrected chi connectivity index (χ3v) is 6.42. The minimum Gasteiger partial charge on any atom is -0.480 e. The second-order valence-electron chi connectivity index (χ2n) is 8.90. The molecule has 5 aromatic rings. The molecule has 2 N–H and O–H groups in total. The maximum Gasteiger partial charge on any atom is 0.419 e. The predicted octanol–water partition coefficient (Wildman–Crippen LogP) is 6.17. The number of carboxylic acids is 1. The molecule has 0 saturated carbocycles. The van der Waals surface area contributed by atoms with E-state index in [1.54, 1.807) is 12.1 Å². The van der Waals surface area contributed by atoms with Crippen LogP contribution in [0.3, 0.4) is 0 Å². The Labute approximate surface area is 223 Å². The van der Waals surface area contributed by atoms with Gasteiger partial charge in [-0.2, -0.15) is 13.2 Å². The van der Waals surface area contributed by atoms with Crippen molar-refractivity contribution < 1.29 is 36.6 Å². The fraction of sp³-hybridized carbons (Fsp3) is 0.103. The zero-order chi connectivity index (χ0) is 28.6. The molecular weight excluding hydrogens is 533 g/mol. The first kappa shape index (κ1) is 26.7. The van der Waals surface area contributed by atoms with Crippen molar-refractivity contribution in [1.82, 2.24) is 15.3 Å². The van der Waals surface area contributed by atoms with Gasteiger partial charge in [0.15, 0.2) is 0 Å². The molecule has 202 valence electrons. The lowest BCUT2D eigenvalue weighted by Gasteiger charge is -2.19. The van der Waals surface area contributed by atoms with E-state index in [1.807, 2.05) is 0 Å². The summed E-state index contributed by atoms with van der Waals surface area (Å²) in [7, 11) is 0. The fourth-order valence-corrected chi connectivity index (χ4v) is 4.62. The first-order valence-electron chi connectivity index (χ1n) is 11.9. The predicted molar refractivity (Wildman–Crippen MR) is 136 cm³/mol. The molecule has 11 heteroatoms. The number of hydrogen-bond donors (Lipinski definition) is 2. The van der Waals surface area contributed by atoms with E-state index in [0.29, 0.717) is 16.3 Å².